The molecule has 2 rings (SSSR count). The summed E-state index contributed by atoms with van der Waals surface area (Å²) in [7, 11) is 0. The molecule has 0 atom stereocenters. The minimum Gasteiger partial charge on any atom is -0.363 e. The van der Waals surface area contributed by atoms with E-state index in [1.54, 1.807) is 25.1 Å². The summed E-state index contributed by atoms with van der Waals surface area (Å²) in [6.45, 7) is 1.81. The zero-order valence-electron chi connectivity index (χ0n) is 10.3. The zero-order valence-corrected chi connectivity index (χ0v) is 10.3. The lowest BCUT2D eigenvalue weighted by molar-refractivity contribution is -0.114. The Kier molecular flexibility index (Phi) is 3.42. The second kappa shape index (κ2) is 5.02. The molecule has 0 saturated heterocycles. The molecular weight excluding hydrogens is 245 g/mol. The van der Waals surface area contributed by atoms with E-state index in [0.717, 1.165) is 16.7 Å². The molecule has 2 aromatic carbocycles. The Labute approximate surface area is 109 Å². The topological polar surface area (TPSA) is 60.2 Å². The summed E-state index contributed by atoms with van der Waals surface area (Å²) in [5.74, 6) is -1.99. The summed E-state index contributed by atoms with van der Waals surface area (Å²) in [5, 5.41) is 0. The van der Waals surface area contributed by atoms with E-state index >= 15 is 0 Å². The van der Waals surface area contributed by atoms with Gasteiger partial charge in [-0.1, -0.05) is 30.3 Å². The Bertz CT molecular complexity index is 648. The van der Waals surface area contributed by atoms with Crippen LogP contribution in [0.2, 0.25) is 0 Å². The van der Waals surface area contributed by atoms with Crippen LogP contribution in [0, 0.1) is 12.7 Å². The zero-order chi connectivity index (χ0) is 14.0. The van der Waals surface area contributed by atoms with Gasteiger partial charge in [0.15, 0.2) is 0 Å². The Morgan fingerprint density at radius 3 is 2.21 bits per heavy atom. The van der Waals surface area contributed by atoms with Crippen molar-refractivity contribution in [1.29, 1.82) is 0 Å². The first-order valence-electron chi connectivity index (χ1n) is 5.70. The fraction of sp³-hybridized carbons (Fsp3) is 0.0667. The molecule has 0 bridgehead atoms. The van der Waals surface area contributed by atoms with Gasteiger partial charge in [-0.05, 0) is 35.7 Å². The van der Waals surface area contributed by atoms with Gasteiger partial charge in [0.05, 0.1) is 0 Å². The van der Waals surface area contributed by atoms with Crippen LogP contribution in [0.1, 0.15) is 15.9 Å². The van der Waals surface area contributed by atoms with E-state index < -0.39 is 11.7 Å². The Balaban J connectivity index is 2.37. The van der Waals surface area contributed by atoms with Crippen molar-refractivity contribution in [2.45, 2.75) is 6.92 Å². The van der Waals surface area contributed by atoms with E-state index in [9.17, 15) is 14.0 Å². The van der Waals surface area contributed by atoms with Crippen LogP contribution in [0.25, 0.3) is 11.1 Å². The van der Waals surface area contributed by atoms with Crippen molar-refractivity contribution in [2.24, 2.45) is 5.73 Å². The molecule has 0 radical (unpaired) electrons. The van der Waals surface area contributed by atoms with Crippen LogP contribution in [0.5, 0.6) is 0 Å². The van der Waals surface area contributed by atoms with Crippen molar-refractivity contribution in [1.82, 2.24) is 0 Å². The van der Waals surface area contributed by atoms with Crippen molar-refractivity contribution < 1.29 is 14.0 Å². The van der Waals surface area contributed by atoms with E-state index in [-0.39, 0.29) is 11.4 Å². The summed E-state index contributed by atoms with van der Waals surface area (Å²) >= 11 is 0. The largest absolute Gasteiger partial charge is 0.363 e. The Morgan fingerprint density at radius 1 is 1.05 bits per heavy atom. The van der Waals surface area contributed by atoms with E-state index in [0.29, 0.717) is 0 Å². The van der Waals surface area contributed by atoms with E-state index in [4.69, 9.17) is 5.73 Å². The van der Waals surface area contributed by atoms with Crippen LogP contribution in [0.15, 0.2) is 42.5 Å². The molecule has 3 nitrogen and oxygen atoms in total. The van der Waals surface area contributed by atoms with Gasteiger partial charge >= 0.3 is 0 Å². The fourth-order valence-electron chi connectivity index (χ4n) is 1.89. The minimum absolute atomic E-state index is 0.246. The quantitative estimate of drug-likeness (QED) is 0.678. The maximum atomic E-state index is 13.0. The van der Waals surface area contributed by atoms with Crippen LogP contribution in [-0.2, 0) is 4.79 Å². The van der Waals surface area contributed by atoms with E-state index in [1.807, 2.05) is 0 Å². The number of rotatable bonds is 3. The molecule has 2 aromatic rings. The predicted octanol–water partition coefficient (Wildman–Crippen LogP) is 2.47. The van der Waals surface area contributed by atoms with Gasteiger partial charge in [-0.15, -0.1) is 0 Å². The summed E-state index contributed by atoms with van der Waals surface area (Å²) in [6.07, 6.45) is 0. The third-order valence-corrected chi connectivity index (χ3v) is 2.87. The third-order valence-electron chi connectivity index (χ3n) is 2.87. The average molecular weight is 257 g/mol. The number of Topliss-reactive ketones (excluding diaryl/α,β-unsaturated/α-hetero) is 1. The number of nitrogens with two attached hydrogens (primary N) is 1. The van der Waals surface area contributed by atoms with Crippen LogP contribution >= 0.6 is 0 Å². The lowest BCUT2D eigenvalue weighted by Crippen LogP contribution is -2.22. The molecule has 0 unspecified atom stereocenters. The first kappa shape index (κ1) is 13.0. The number of aryl methyl sites for hydroxylation is 1. The predicted molar refractivity (Wildman–Crippen MR) is 70.1 cm³/mol. The average Bonchev–Trinajstić information content (AvgIpc) is 2.38. The van der Waals surface area contributed by atoms with Gasteiger partial charge in [0.1, 0.15) is 5.82 Å². The van der Waals surface area contributed by atoms with Gasteiger partial charge in [0, 0.05) is 5.56 Å². The molecular formula is C15H12FNO2. The smallest absolute Gasteiger partial charge is 0.289 e. The third kappa shape index (κ3) is 2.68. The molecule has 2 N–H and O–H groups in total. The van der Waals surface area contributed by atoms with Crippen molar-refractivity contribution >= 4 is 11.7 Å². The first-order valence-corrected chi connectivity index (χ1v) is 5.70. The van der Waals surface area contributed by atoms with Crippen molar-refractivity contribution in [2.75, 3.05) is 0 Å². The molecule has 0 spiro atoms. The molecule has 19 heavy (non-hydrogen) atoms. The number of primary amides is 1. The number of hydrogen-bond donors (Lipinski definition) is 1. The highest BCUT2D eigenvalue weighted by molar-refractivity contribution is 6.42. The van der Waals surface area contributed by atoms with E-state index in [1.165, 1.54) is 24.3 Å². The number of hydrogen-bond acceptors (Lipinski definition) is 2. The summed E-state index contributed by atoms with van der Waals surface area (Å²) in [6, 6.07) is 11.0. The number of ketones is 1. The summed E-state index contributed by atoms with van der Waals surface area (Å²) in [4.78, 5) is 22.2. The molecule has 1 amide bonds. The highest BCUT2D eigenvalue weighted by Gasteiger charge is 2.12. The van der Waals surface area contributed by atoms with Crippen LogP contribution in [0.3, 0.4) is 0 Å². The van der Waals surface area contributed by atoms with Gasteiger partial charge in [0.2, 0.25) is 5.78 Å². The lowest BCUT2D eigenvalue weighted by Gasteiger charge is -2.06. The minimum atomic E-state index is -0.981. The van der Waals surface area contributed by atoms with Crippen molar-refractivity contribution in [3.63, 3.8) is 0 Å². The molecule has 0 aromatic heterocycles. The number of benzene rings is 2. The van der Waals surface area contributed by atoms with Gasteiger partial charge in [-0.2, -0.15) is 0 Å². The van der Waals surface area contributed by atoms with Gasteiger partial charge < -0.3 is 5.73 Å². The molecule has 0 aliphatic heterocycles. The van der Waals surface area contributed by atoms with Crippen LogP contribution in [-0.4, -0.2) is 11.7 Å². The molecule has 0 fully saturated rings. The van der Waals surface area contributed by atoms with Crippen LogP contribution < -0.4 is 5.73 Å². The standard InChI is InChI=1S/C15H12FNO2/c1-9-8-12(16)6-7-13(9)10-2-4-11(5-3-10)14(18)15(17)19/h2-8H,1H3,(H2,17,19). The lowest BCUT2D eigenvalue weighted by atomic mass is 9.98. The van der Waals surface area contributed by atoms with Gasteiger partial charge in [-0.3, -0.25) is 9.59 Å². The SMILES string of the molecule is Cc1cc(F)ccc1-c1ccc(C(=O)C(N)=O)cc1. The highest BCUT2D eigenvalue weighted by Crippen LogP contribution is 2.24. The van der Waals surface area contributed by atoms with Crippen molar-refractivity contribution in [3.05, 3.63) is 59.4 Å². The second-order valence-corrected chi connectivity index (χ2v) is 4.23. The number of carbonyl (C=O) groups excluding carboxylic acids is 2. The Hall–Kier alpha value is -2.49. The second-order valence-electron chi connectivity index (χ2n) is 4.23. The molecule has 0 aliphatic rings. The van der Waals surface area contributed by atoms with Gasteiger partial charge in [0.25, 0.3) is 5.91 Å². The van der Waals surface area contributed by atoms with E-state index in [2.05, 4.69) is 0 Å². The fourth-order valence-corrected chi connectivity index (χ4v) is 1.89. The molecule has 0 heterocycles. The molecule has 4 heteroatoms. The molecule has 96 valence electrons. The maximum Gasteiger partial charge on any atom is 0.289 e. The van der Waals surface area contributed by atoms with Crippen molar-refractivity contribution in [3.8, 4) is 11.1 Å². The first-order chi connectivity index (χ1) is 8.99. The highest BCUT2D eigenvalue weighted by atomic mass is 19.1. The van der Waals surface area contributed by atoms with Gasteiger partial charge in [-0.25, -0.2) is 4.39 Å². The normalized spacial score (nSPS) is 10.2. The number of carbonyl (C=O) groups is 2. The summed E-state index contributed by atoms with van der Waals surface area (Å²) in [5.41, 5.74) is 7.69. The maximum absolute atomic E-state index is 13.0. The van der Waals surface area contributed by atoms with Crippen LogP contribution in [0.4, 0.5) is 4.39 Å². The number of halogens is 1. The number of amides is 1. The molecule has 0 aliphatic carbocycles. The molecule has 0 saturated carbocycles. The Morgan fingerprint density at radius 2 is 1.68 bits per heavy atom. The monoisotopic (exact) mass is 257 g/mol. The summed E-state index contributed by atoms with van der Waals surface area (Å²) < 4.78 is 13.0.